The number of rotatable bonds is 7. The molecule has 2 aromatic carbocycles. The summed E-state index contributed by atoms with van der Waals surface area (Å²) in [5.74, 6) is -0.631. The van der Waals surface area contributed by atoms with Gasteiger partial charge in [0, 0.05) is 35.0 Å². The fourth-order valence-electron chi connectivity index (χ4n) is 4.23. The number of carbonyl (C=O) groups is 1. The highest BCUT2D eigenvalue weighted by Gasteiger charge is 2.14. The number of nitrogens with zero attached hydrogens (tertiary/aromatic N) is 3. The topological polar surface area (TPSA) is 73.9 Å². The Morgan fingerprint density at radius 1 is 1.14 bits per heavy atom. The molecule has 0 spiro atoms. The zero-order valence-electron chi connectivity index (χ0n) is 19.4. The number of amides is 1. The van der Waals surface area contributed by atoms with E-state index < -0.39 is 0 Å². The Labute approximate surface area is 207 Å². The summed E-state index contributed by atoms with van der Waals surface area (Å²) < 4.78 is 13.8. The molecular weight excluding hydrogens is 461 g/mol. The lowest BCUT2D eigenvalue weighted by molar-refractivity contribution is 0.0960. The van der Waals surface area contributed by atoms with Crippen LogP contribution in [0.1, 0.15) is 40.2 Å². The van der Waals surface area contributed by atoms with E-state index in [4.69, 9.17) is 0 Å². The Kier molecular flexibility index (Phi) is 6.92. The maximum absolute atomic E-state index is 13.8. The maximum atomic E-state index is 13.8. The van der Waals surface area contributed by atoms with E-state index in [1.165, 1.54) is 61.5 Å². The minimum absolute atomic E-state index is 0.250. The summed E-state index contributed by atoms with van der Waals surface area (Å²) in [5, 5.41) is 11.1. The molecule has 2 aromatic heterocycles. The van der Waals surface area contributed by atoms with Gasteiger partial charge in [0.2, 0.25) is 0 Å². The minimum atomic E-state index is -0.382. The van der Waals surface area contributed by atoms with Crippen LogP contribution in [0.5, 0.6) is 0 Å². The Bertz CT molecular complexity index is 1380. The number of fused-ring (bicyclic) bond motifs is 1. The van der Waals surface area contributed by atoms with Crippen LogP contribution in [0.3, 0.4) is 0 Å². The fraction of sp³-hybridized carbons (Fsp3) is 0.222. The maximum Gasteiger partial charge on any atom is 0.252 e. The lowest BCUT2D eigenvalue weighted by Gasteiger charge is -2.13. The van der Waals surface area contributed by atoms with E-state index in [0.717, 1.165) is 33.7 Å². The average molecular weight is 488 g/mol. The largest absolute Gasteiger partial charge is 0.355 e. The van der Waals surface area contributed by atoms with Gasteiger partial charge in [0.25, 0.3) is 5.91 Å². The molecule has 2 N–H and O–H groups in total. The smallest absolute Gasteiger partial charge is 0.252 e. The Morgan fingerprint density at radius 2 is 2.00 bits per heavy atom. The van der Waals surface area contributed by atoms with Crippen molar-refractivity contribution >= 4 is 40.7 Å². The zero-order valence-corrected chi connectivity index (χ0v) is 20.2. The molecule has 1 saturated heterocycles. The van der Waals surface area contributed by atoms with E-state index >= 15 is 0 Å². The Morgan fingerprint density at radius 3 is 2.77 bits per heavy atom. The van der Waals surface area contributed by atoms with Gasteiger partial charge in [0.1, 0.15) is 5.82 Å². The van der Waals surface area contributed by atoms with Gasteiger partial charge >= 0.3 is 0 Å². The molecule has 0 bridgehead atoms. The standard InChI is InChI=1S/C27H26FN5OS/c1-29-27(34)23-9-5-19(28)14-26(23)35-21-8-10-22-24(31-32-25(22)15-21)11-7-20-6-4-18(16-30-20)17-33-12-2-3-13-33/h4-11,14-16H,2-3,12-13,17H2,1H3,(H,29,34)(H,31,32)/b11-7+. The van der Waals surface area contributed by atoms with Gasteiger partial charge in [-0.1, -0.05) is 17.8 Å². The first-order chi connectivity index (χ1) is 17.1. The molecular formula is C27H26FN5OS. The van der Waals surface area contributed by atoms with Gasteiger partial charge in [0.05, 0.1) is 22.5 Å². The quantitative estimate of drug-likeness (QED) is 0.366. The molecule has 3 heterocycles. The number of pyridine rings is 1. The highest BCUT2D eigenvalue weighted by molar-refractivity contribution is 7.99. The van der Waals surface area contributed by atoms with Crippen molar-refractivity contribution in [1.82, 2.24) is 25.4 Å². The third-order valence-electron chi connectivity index (χ3n) is 6.07. The van der Waals surface area contributed by atoms with Gasteiger partial charge in [0.15, 0.2) is 0 Å². The normalized spacial score (nSPS) is 14.2. The molecule has 6 nitrogen and oxygen atoms in total. The van der Waals surface area contributed by atoms with Crippen LogP contribution in [0, 0.1) is 5.82 Å². The summed E-state index contributed by atoms with van der Waals surface area (Å²) in [4.78, 5) is 20.6. The summed E-state index contributed by atoms with van der Waals surface area (Å²) in [6.45, 7) is 3.30. The number of nitrogens with one attached hydrogen (secondary N) is 2. The molecule has 0 atom stereocenters. The van der Waals surface area contributed by atoms with Crippen molar-refractivity contribution in [2.45, 2.75) is 29.2 Å². The number of aromatic nitrogens is 3. The second kappa shape index (κ2) is 10.4. The first kappa shape index (κ1) is 23.3. The second-order valence-corrected chi connectivity index (χ2v) is 9.66. The molecule has 1 aliphatic heterocycles. The molecule has 1 fully saturated rings. The monoisotopic (exact) mass is 487 g/mol. The average Bonchev–Trinajstić information content (AvgIpc) is 3.53. The Balaban J connectivity index is 1.31. The molecule has 0 unspecified atom stereocenters. The van der Waals surface area contributed by atoms with Crippen molar-refractivity contribution in [3.05, 3.63) is 83.1 Å². The number of benzene rings is 2. The second-order valence-electron chi connectivity index (χ2n) is 8.55. The zero-order chi connectivity index (χ0) is 24.2. The van der Waals surface area contributed by atoms with Gasteiger partial charge in [-0.15, -0.1) is 0 Å². The van der Waals surface area contributed by atoms with Gasteiger partial charge in [-0.3, -0.25) is 19.8 Å². The predicted molar refractivity (Wildman–Crippen MR) is 138 cm³/mol. The molecule has 0 saturated carbocycles. The lowest BCUT2D eigenvalue weighted by atomic mass is 10.2. The van der Waals surface area contributed by atoms with Gasteiger partial charge in [-0.2, -0.15) is 5.10 Å². The first-order valence-electron chi connectivity index (χ1n) is 11.6. The van der Waals surface area contributed by atoms with Gasteiger partial charge in [-0.05, 0) is 86.1 Å². The Hall–Kier alpha value is -3.49. The first-order valence-corrected chi connectivity index (χ1v) is 12.4. The molecule has 1 aliphatic rings. The third kappa shape index (κ3) is 5.44. The molecule has 0 aliphatic carbocycles. The van der Waals surface area contributed by atoms with Crippen LogP contribution in [0.15, 0.2) is 64.5 Å². The summed E-state index contributed by atoms with van der Waals surface area (Å²) in [6.07, 6.45) is 8.43. The van der Waals surface area contributed by atoms with Crippen molar-refractivity contribution in [2.75, 3.05) is 20.1 Å². The van der Waals surface area contributed by atoms with E-state index in [9.17, 15) is 9.18 Å². The molecule has 8 heteroatoms. The predicted octanol–water partition coefficient (Wildman–Crippen LogP) is 5.37. The van der Waals surface area contributed by atoms with Crippen LogP contribution in [0.2, 0.25) is 0 Å². The van der Waals surface area contributed by atoms with Crippen LogP contribution >= 0.6 is 11.8 Å². The van der Waals surface area contributed by atoms with E-state index in [1.807, 2.05) is 42.6 Å². The number of hydrogen-bond acceptors (Lipinski definition) is 5. The number of aromatic amines is 1. The number of carbonyl (C=O) groups excluding carboxylic acids is 1. The van der Waals surface area contributed by atoms with Crippen LogP contribution in [0.4, 0.5) is 4.39 Å². The summed E-state index contributed by atoms with van der Waals surface area (Å²) in [5.41, 5.74) is 4.23. The van der Waals surface area contributed by atoms with Crippen LogP contribution in [0.25, 0.3) is 23.1 Å². The number of hydrogen-bond donors (Lipinski definition) is 2. The van der Waals surface area contributed by atoms with E-state index in [1.54, 1.807) is 7.05 Å². The molecule has 1 amide bonds. The van der Waals surface area contributed by atoms with E-state index in [0.29, 0.717) is 10.5 Å². The molecule has 5 rings (SSSR count). The van der Waals surface area contributed by atoms with Gasteiger partial charge < -0.3 is 5.32 Å². The molecule has 35 heavy (non-hydrogen) atoms. The van der Waals surface area contributed by atoms with E-state index in [2.05, 4.69) is 31.5 Å². The number of likely N-dealkylation sites (tertiary alicyclic amines) is 1. The summed E-state index contributed by atoms with van der Waals surface area (Å²) in [6, 6.07) is 14.2. The van der Waals surface area contributed by atoms with Crippen LogP contribution in [-0.4, -0.2) is 46.1 Å². The van der Waals surface area contributed by atoms with Gasteiger partial charge in [-0.25, -0.2) is 4.39 Å². The molecule has 178 valence electrons. The summed E-state index contributed by atoms with van der Waals surface area (Å²) in [7, 11) is 1.56. The highest BCUT2D eigenvalue weighted by Crippen LogP contribution is 2.33. The number of H-pyrrole nitrogens is 1. The minimum Gasteiger partial charge on any atom is -0.355 e. The molecule has 0 radical (unpaired) electrons. The van der Waals surface area contributed by atoms with E-state index in [-0.39, 0.29) is 11.7 Å². The van der Waals surface area contributed by atoms with Crippen LogP contribution in [-0.2, 0) is 6.54 Å². The molecule has 4 aromatic rings. The van der Waals surface area contributed by atoms with Crippen LogP contribution < -0.4 is 5.32 Å². The fourth-order valence-corrected chi connectivity index (χ4v) is 5.24. The van der Waals surface area contributed by atoms with Crippen molar-refractivity contribution in [2.24, 2.45) is 0 Å². The number of halogens is 1. The SMILES string of the molecule is CNC(=O)c1ccc(F)cc1Sc1ccc2c(/C=C/c3ccc(CN4CCCC4)cn3)n[nH]c2c1. The van der Waals surface area contributed by atoms with Crippen molar-refractivity contribution < 1.29 is 9.18 Å². The van der Waals surface area contributed by atoms with Crippen molar-refractivity contribution in [3.8, 4) is 0 Å². The lowest BCUT2D eigenvalue weighted by Crippen LogP contribution is -2.18. The highest BCUT2D eigenvalue weighted by atomic mass is 32.2. The summed E-state index contributed by atoms with van der Waals surface area (Å²) >= 11 is 1.34. The van der Waals surface area contributed by atoms with Crippen molar-refractivity contribution in [1.29, 1.82) is 0 Å². The van der Waals surface area contributed by atoms with Crippen molar-refractivity contribution in [3.63, 3.8) is 0 Å². The third-order valence-corrected chi connectivity index (χ3v) is 7.12.